The summed E-state index contributed by atoms with van der Waals surface area (Å²) in [5, 5.41) is 11.0. The zero-order chi connectivity index (χ0) is 11.1. The fraction of sp³-hybridized carbons (Fsp3) is 0.750. The molecule has 0 rings (SSSR count). The third-order valence-electron chi connectivity index (χ3n) is 1.60. The van der Waals surface area contributed by atoms with Gasteiger partial charge in [0.15, 0.2) is 0 Å². The molecule has 0 heterocycles. The van der Waals surface area contributed by atoms with Gasteiger partial charge in [0.2, 0.25) is 5.91 Å². The molecule has 14 heavy (non-hydrogen) atoms. The van der Waals surface area contributed by atoms with Crippen LogP contribution < -0.4 is 16.8 Å². The second-order valence-electron chi connectivity index (χ2n) is 3.26. The lowest BCUT2D eigenvalue weighted by molar-refractivity contribution is -0.138. The lowest BCUT2D eigenvalue weighted by atomic mass is 10.2. The van der Waals surface area contributed by atoms with E-state index >= 15 is 0 Å². The summed E-state index contributed by atoms with van der Waals surface area (Å²) < 4.78 is 0. The largest absolute Gasteiger partial charge is 0.480 e. The number of rotatable bonds is 6. The summed E-state index contributed by atoms with van der Waals surface area (Å²) in [6.45, 7) is 1.99. The fourth-order valence-corrected chi connectivity index (χ4v) is 0.855. The monoisotopic (exact) mass is 203 g/mol. The fourth-order valence-electron chi connectivity index (χ4n) is 0.855. The molecule has 0 aliphatic heterocycles. The van der Waals surface area contributed by atoms with Crippen LogP contribution in [0.2, 0.25) is 0 Å². The van der Waals surface area contributed by atoms with Gasteiger partial charge in [0, 0.05) is 19.0 Å². The SMILES string of the molecule is CC(N)CC(=O)NCC[C@H](N)C(=O)O. The highest BCUT2D eigenvalue weighted by atomic mass is 16.4. The molecule has 0 bridgehead atoms. The van der Waals surface area contributed by atoms with Gasteiger partial charge < -0.3 is 21.9 Å². The van der Waals surface area contributed by atoms with E-state index in [0.717, 1.165) is 0 Å². The Morgan fingerprint density at radius 3 is 2.43 bits per heavy atom. The minimum atomic E-state index is -1.06. The van der Waals surface area contributed by atoms with E-state index in [1.807, 2.05) is 0 Å². The van der Waals surface area contributed by atoms with Crippen molar-refractivity contribution in [2.75, 3.05) is 6.54 Å². The molecule has 0 fully saturated rings. The van der Waals surface area contributed by atoms with Crippen molar-refractivity contribution >= 4 is 11.9 Å². The number of carbonyl (C=O) groups excluding carboxylic acids is 1. The van der Waals surface area contributed by atoms with Crippen molar-refractivity contribution in [3.63, 3.8) is 0 Å². The van der Waals surface area contributed by atoms with Crippen LogP contribution in [0.15, 0.2) is 0 Å². The Bertz CT molecular complexity index is 206. The minimum absolute atomic E-state index is 0.183. The Morgan fingerprint density at radius 1 is 1.43 bits per heavy atom. The molecule has 6 N–H and O–H groups in total. The molecule has 0 aliphatic rings. The number of hydrogen-bond acceptors (Lipinski definition) is 4. The number of carbonyl (C=O) groups is 2. The van der Waals surface area contributed by atoms with E-state index in [1.54, 1.807) is 6.92 Å². The van der Waals surface area contributed by atoms with Gasteiger partial charge in [-0.15, -0.1) is 0 Å². The van der Waals surface area contributed by atoms with Crippen molar-refractivity contribution in [3.05, 3.63) is 0 Å². The molecule has 0 saturated heterocycles. The predicted octanol–water partition coefficient (Wildman–Crippen LogP) is -1.36. The highest BCUT2D eigenvalue weighted by Crippen LogP contribution is 1.88. The molecule has 6 heteroatoms. The van der Waals surface area contributed by atoms with Crippen molar-refractivity contribution in [2.45, 2.75) is 31.8 Å². The summed E-state index contributed by atoms with van der Waals surface area (Å²) in [7, 11) is 0. The third-order valence-corrected chi connectivity index (χ3v) is 1.60. The van der Waals surface area contributed by atoms with Crippen molar-refractivity contribution in [2.24, 2.45) is 11.5 Å². The Morgan fingerprint density at radius 2 is 2.00 bits per heavy atom. The van der Waals surface area contributed by atoms with E-state index in [-0.39, 0.29) is 31.3 Å². The summed E-state index contributed by atoms with van der Waals surface area (Å²) in [5.41, 5.74) is 10.6. The number of aliphatic carboxylic acids is 1. The van der Waals surface area contributed by atoms with Gasteiger partial charge in [-0.25, -0.2) is 0 Å². The summed E-state index contributed by atoms with van der Waals surface area (Å²) in [4.78, 5) is 21.3. The predicted molar refractivity (Wildman–Crippen MR) is 51.5 cm³/mol. The second-order valence-corrected chi connectivity index (χ2v) is 3.26. The molecule has 0 radical (unpaired) electrons. The van der Waals surface area contributed by atoms with Crippen LogP contribution in [0.5, 0.6) is 0 Å². The summed E-state index contributed by atoms with van der Waals surface area (Å²) in [6, 6.07) is -1.12. The summed E-state index contributed by atoms with van der Waals surface area (Å²) >= 11 is 0. The Balaban J connectivity index is 3.54. The van der Waals surface area contributed by atoms with Gasteiger partial charge in [0.05, 0.1) is 0 Å². The van der Waals surface area contributed by atoms with Crippen LogP contribution in [-0.4, -0.2) is 35.6 Å². The number of nitrogens with two attached hydrogens (primary N) is 2. The number of amides is 1. The third kappa shape index (κ3) is 6.38. The van der Waals surface area contributed by atoms with Gasteiger partial charge in [0.25, 0.3) is 0 Å². The maximum absolute atomic E-state index is 11.0. The Labute approximate surface area is 82.6 Å². The molecule has 0 spiro atoms. The number of carboxylic acids is 1. The molecule has 0 aromatic carbocycles. The van der Waals surface area contributed by atoms with Crippen LogP contribution in [0.1, 0.15) is 19.8 Å². The van der Waals surface area contributed by atoms with Crippen molar-refractivity contribution in [1.29, 1.82) is 0 Å². The first-order valence-electron chi connectivity index (χ1n) is 4.44. The number of nitrogens with one attached hydrogen (secondary N) is 1. The van der Waals surface area contributed by atoms with E-state index in [0.29, 0.717) is 0 Å². The lowest BCUT2D eigenvalue weighted by Gasteiger charge is -2.08. The summed E-state index contributed by atoms with van der Waals surface area (Å²) in [6.07, 6.45) is 0.461. The molecular formula is C8H17N3O3. The average molecular weight is 203 g/mol. The normalized spacial score (nSPS) is 14.5. The average Bonchev–Trinajstić information content (AvgIpc) is 2.02. The quantitative estimate of drug-likeness (QED) is 0.425. The van der Waals surface area contributed by atoms with Gasteiger partial charge in [-0.1, -0.05) is 0 Å². The van der Waals surface area contributed by atoms with Crippen LogP contribution in [0.3, 0.4) is 0 Å². The molecule has 6 nitrogen and oxygen atoms in total. The number of carboxylic acid groups (broad SMARTS) is 1. The molecular weight excluding hydrogens is 186 g/mol. The van der Waals surface area contributed by atoms with E-state index in [9.17, 15) is 9.59 Å². The van der Waals surface area contributed by atoms with Crippen LogP contribution in [0.4, 0.5) is 0 Å². The minimum Gasteiger partial charge on any atom is -0.480 e. The van der Waals surface area contributed by atoms with Crippen LogP contribution in [0, 0.1) is 0 Å². The number of hydrogen-bond donors (Lipinski definition) is 4. The first-order valence-corrected chi connectivity index (χ1v) is 4.44. The van der Waals surface area contributed by atoms with E-state index in [2.05, 4.69) is 5.32 Å². The molecule has 2 atom stereocenters. The molecule has 0 aliphatic carbocycles. The zero-order valence-corrected chi connectivity index (χ0v) is 8.19. The lowest BCUT2D eigenvalue weighted by Crippen LogP contribution is -2.36. The maximum atomic E-state index is 11.0. The van der Waals surface area contributed by atoms with Crippen LogP contribution in [0.25, 0.3) is 0 Å². The van der Waals surface area contributed by atoms with Gasteiger partial charge in [0.1, 0.15) is 6.04 Å². The van der Waals surface area contributed by atoms with E-state index in [4.69, 9.17) is 16.6 Å². The van der Waals surface area contributed by atoms with Crippen molar-refractivity contribution in [3.8, 4) is 0 Å². The topological polar surface area (TPSA) is 118 Å². The maximum Gasteiger partial charge on any atom is 0.320 e. The van der Waals surface area contributed by atoms with Crippen LogP contribution >= 0.6 is 0 Å². The second kappa shape index (κ2) is 6.33. The van der Waals surface area contributed by atoms with E-state index in [1.165, 1.54) is 0 Å². The highest BCUT2D eigenvalue weighted by Gasteiger charge is 2.11. The van der Waals surface area contributed by atoms with Gasteiger partial charge >= 0.3 is 5.97 Å². The molecule has 0 saturated carbocycles. The molecule has 1 amide bonds. The highest BCUT2D eigenvalue weighted by molar-refractivity contribution is 5.76. The van der Waals surface area contributed by atoms with Crippen molar-refractivity contribution < 1.29 is 14.7 Å². The molecule has 0 aromatic rings. The van der Waals surface area contributed by atoms with E-state index < -0.39 is 12.0 Å². The van der Waals surface area contributed by atoms with Crippen LogP contribution in [-0.2, 0) is 9.59 Å². The zero-order valence-electron chi connectivity index (χ0n) is 8.19. The first kappa shape index (κ1) is 12.9. The summed E-state index contributed by atoms with van der Waals surface area (Å²) in [5.74, 6) is -1.25. The molecule has 0 aromatic heterocycles. The standard InChI is InChI=1S/C8H17N3O3/c1-5(9)4-7(12)11-3-2-6(10)8(13)14/h5-6H,2-4,9-10H2,1H3,(H,11,12)(H,13,14)/t5?,6-/m0/s1. The van der Waals surface area contributed by atoms with Gasteiger partial charge in [-0.3, -0.25) is 9.59 Å². The molecule has 82 valence electrons. The Hall–Kier alpha value is -1.14. The smallest absolute Gasteiger partial charge is 0.320 e. The van der Waals surface area contributed by atoms with Crippen molar-refractivity contribution in [1.82, 2.24) is 5.32 Å². The van der Waals surface area contributed by atoms with Gasteiger partial charge in [-0.2, -0.15) is 0 Å². The first-order chi connectivity index (χ1) is 6.43. The Kier molecular flexibility index (Phi) is 5.82. The molecule has 1 unspecified atom stereocenters. The van der Waals surface area contributed by atoms with Gasteiger partial charge in [-0.05, 0) is 13.3 Å².